The summed E-state index contributed by atoms with van der Waals surface area (Å²) in [5.41, 5.74) is 0. The molecule has 0 aromatic carbocycles. The highest BCUT2D eigenvalue weighted by molar-refractivity contribution is 5.73. The van der Waals surface area contributed by atoms with Crippen LogP contribution in [0.4, 0.5) is 4.79 Å². The predicted molar refractivity (Wildman–Crippen MR) is 75.6 cm³/mol. The van der Waals surface area contributed by atoms with E-state index < -0.39 is 6.10 Å². The molecule has 1 atom stereocenters. The van der Waals surface area contributed by atoms with Crippen LogP contribution in [0.5, 0.6) is 0 Å². The van der Waals surface area contributed by atoms with Crippen molar-refractivity contribution in [3.63, 3.8) is 0 Å². The van der Waals surface area contributed by atoms with Crippen LogP contribution in [0.2, 0.25) is 0 Å². The van der Waals surface area contributed by atoms with Gasteiger partial charge in [0.25, 0.3) is 0 Å². The van der Waals surface area contributed by atoms with Gasteiger partial charge in [0.1, 0.15) is 0 Å². The highest BCUT2D eigenvalue weighted by Crippen LogP contribution is 2.12. The number of nitrogens with one attached hydrogen (secondary N) is 2. The molecule has 0 rings (SSSR count). The van der Waals surface area contributed by atoms with Crippen molar-refractivity contribution in [1.29, 1.82) is 0 Å². The molecule has 0 spiro atoms. The van der Waals surface area contributed by atoms with Crippen molar-refractivity contribution >= 4 is 6.03 Å². The number of aliphatic hydroxyl groups is 1. The second-order valence-corrected chi connectivity index (χ2v) is 4.92. The molecule has 18 heavy (non-hydrogen) atoms. The summed E-state index contributed by atoms with van der Waals surface area (Å²) in [6.07, 6.45) is 3.59. The Balaban J connectivity index is 3.82. The molecule has 0 aromatic rings. The maximum atomic E-state index is 11.5. The molecule has 0 aromatic heterocycles. The van der Waals surface area contributed by atoms with E-state index in [0.29, 0.717) is 19.0 Å². The van der Waals surface area contributed by atoms with Gasteiger partial charge >= 0.3 is 6.03 Å². The largest absolute Gasteiger partial charge is 0.391 e. The highest BCUT2D eigenvalue weighted by atomic mass is 16.3. The molecule has 4 heteroatoms. The maximum Gasteiger partial charge on any atom is 0.314 e. The molecule has 0 unspecified atom stereocenters. The molecule has 0 saturated carbocycles. The highest BCUT2D eigenvalue weighted by Gasteiger charge is 2.16. The zero-order valence-electron chi connectivity index (χ0n) is 12.3. The third-order valence-electron chi connectivity index (χ3n) is 3.77. The van der Waals surface area contributed by atoms with Gasteiger partial charge < -0.3 is 15.7 Å². The molecule has 4 nitrogen and oxygen atoms in total. The average molecular weight is 258 g/mol. The molecular formula is C14H30N2O2. The van der Waals surface area contributed by atoms with E-state index in [2.05, 4.69) is 38.3 Å². The molecule has 108 valence electrons. The van der Waals surface area contributed by atoms with E-state index in [0.717, 1.165) is 25.7 Å². The summed E-state index contributed by atoms with van der Waals surface area (Å²) < 4.78 is 0. The number of rotatable bonds is 9. The third kappa shape index (κ3) is 6.84. The zero-order chi connectivity index (χ0) is 14.0. The van der Waals surface area contributed by atoms with Crippen LogP contribution in [0, 0.1) is 11.8 Å². The molecule has 0 heterocycles. The Bertz CT molecular complexity index is 214. The normalized spacial score (nSPS) is 12.8. The first kappa shape index (κ1) is 17.2. The van der Waals surface area contributed by atoms with Crippen molar-refractivity contribution in [2.75, 3.05) is 13.1 Å². The van der Waals surface area contributed by atoms with Crippen LogP contribution < -0.4 is 10.6 Å². The van der Waals surface area contributed by atoms with E-state index >= 15 is 0 Å². The van der Waals surface area contributed by atoms with Gasteiger partial charge in [-0.3, -0.25) is 0 Å². The van der Waals surface area contributed by atoms with Crippen molar-refractivity contribution in [1.82, 2.24) is 10.6 Å². The van der Waals surface area contributed by atoms with Gasteiger partial charge in [-0.25, -0.2) is 4.79 Å². The summed E-state index contributed by atoms with van der Waals surface area (Å²) >= 11 is 0. The summed E-state index contributed by atoms with van der Waals surface area (Å²) in [6.45, 7) is 9.42. The Morgan fingerprint density at radius 2 is 1.44 bits per heavy atom. The standard InChI is InChI=1S/C14H30N2O2/c1-5-11(6-2)9-15-14(18)16-10-13(17)12(7-3)8-4/h11-13,17H,5-10H2,1-4H3,(H2,15,16,18)/t13-/m0/s1. The van der Waals surface area contributed by atoms with Crippen LogP contribution in [0.3, 0.4) is 0 Å². The Hall–Kier alpha value is -0.770. The molecule has 0 bridgehead atoms. The Kier molecular flexibility index (Phi) is 9.74. The first-order valence-corrected chi connectivity index (χ1v) is 7.28. The Morgan fingerprint density at radius 1 is 0.944 bits per heavy atom. The molecule has 0 fully saturated rings. The van der Waals surface area contributed by atoms with Crippen LogP contribution >= 0.6 is 0 Å². The number of carbonyl (C=O) groups excluding carboxylic acids is 1. The van der Waals surface area contributed by atoms with E-state index in [1.807, 2.05) is 0 Å². The lowest BCUT2D eigenvalue weighted by molar-refractivity contribution is 0.103. The minimum atomic E-state index is -0.445. The quantitative estimate of drug-likeness (QED) is 0.595. The number of amides is 2. The van der Waals surface area contributed by atoms with Gasteiger partial charge in [0.15, 0.2) is 0 Å². The topological polar surface area (TPSA) is 61.4 Å². The van der Waals surface area contributed by atoms with Gasteiger partial charge in [0.05, 0.1) is 6.10 Å². The zero-order valence-corrected chi connectivity index (χ0v) is 12.3. The van der Waals surface area contributed by atoms with Crippen molar-refractivity contribution in [3.8, 4) is 0 Å². The first-order chi connectivity index (χ1) is 8.58. The second kappa shape index (κ2) is 10.2. The molecule has 0 aliphatic rings. The molecule has 0 aliphatic heterocycles. The first-order valence-electron chi connectivity index (χ1n) is 7.28. The second-order valence-electron chi connectivity index (χ2n) is 4.92. The third-order valence-corrected chi connectivity index (χ3v) is 3.77. The van der Waals surface area contributed by atoms with E-state index in [-0.39, 0.29) is 11.9 Å². The minimum absolute atomic E-state index is 0.174. The van der Waals surface area contributed by atoms with Crippen molar-refractivity contribution in [2.24, 2.45) is 11.8 Å². The van der Waals surface area contributed by atoms with Crippen molar-refractivity contribution in [3.05, 3.63) is 0 Å². The van der Waals surface area contributed by atoms with Gasteiger partial charge in [0.2, 0.25) is 0 Å². The lowest BCUT2D eigenvalue weighted by Gasteiger charge is -2.21. The van der Waals surface area contributed by atoms with Gasteiger partial charge in [-0.15, -0.1) is 0 Å². The monoisotopic (exact) mass is 258 g/mol. The molecule has 2 amide bonds. The predicted octanol–water partition coefficient (Wildman–Crippen LogP) is 2.52. The summed E-state index contributed by atoms with van der Waals surface area (Å²) in [4.78, 5) is 11.5. The van der Waals surface area contributed by atoms with Gasteiger partial charge in [0, 0.05) is 13.1 Å². The maximum absolute atomic E-state index is 11.5. The molecule has 0 radical (unpaired) electrons. The number of aliphatic hydroxyl groups excluding tert-OH is 1. The summed E-state index contributed by atoms with van der Waals surface area (Å²) in [7, 11) is 0. The smallest absolute Gasteiger partial charge is 0.314 e. The average Bonchev–Trinajstić information content (AvgIpc) is 2.39. The van der Waals surface area contributed by atoms with Crippen molar-refractivity contribution < 1.29 is 9.90 Å². The van der Waals surface area contributed by atoms with Gasteiger partial charge in [-0.05, 0) is 11.8 Å². The lowest BCUT2D eigenvalue weighted by Crippen LogP contribution is -2.43. The number of carbonyl (C=O) groups is 1. The fraction of sp³-hybridized carbons (Fsp3) is 0.929. The number of hydrogen-bond donors (Lipinski definition) is 3. The molecular weight excluding hydrogens is 228 g/mol. The fourth-order valence-electron chi connectivity index (χ4n) is 2.07. The van der Waals surface area contributed by atoms with Crippen molar-refractivity contribution in [2.45, 2.75) is 59.5 Å². The Morgan fingerprint density at radius 3 is 1.89 bits per heavy atom. The van der Waals surface area contributed by atoms with Gasteiger partial charge in [-0.1, -0.05) is 53.4 Å². The number of urea groups is 1. The summed E-state index contributed by atoms with van der Waals surface area (Å²) in [5.74, 6) is 0.809. The van der Waals surface area contributed by atoms with Crippen LogP contribution in [0.25, 0.3) is 0 Å². The summed E-state index contributed by atoms with van der Waals surface area (Å²) in [6, 6.07) is -0.174. The SMILES string of the molecule is CCC(CC)CNC(=O)NC[C@H](O)C(CC)CC. The molecule has 0 saturated heterocycles. The summed E-state index contributed by atoms with van der Waals surface area (Å²) in [5, 5.41) is 15.5. The lowest BCUT2D eigenvalue weighted by atomic mass is 9.97. The van der Waals surface area contributed by atoms with E-state index in [4.69, 9.17) is 0 Å². The van der Waals surface area contributed by atoms with Crippen LogP contribution in [-0.2, 0) is 0 Å². The van der Waals surface area contributed by atoms with Gasteiger partial charge in [-0.2, -0.15) is 0 Å². The molecule has 3 N–H and O–H groups in total. The van der Waals surface area contributed by atoms with Crippen LogP contribution in [-0.4, -0.2) is 30.3 Å². The van der Waals surface area contributed by atoms with E-state index in [9.17, 15) is 9.90 Å². The Labute approximate surface area is 112 Å². The van der Waals surface area contributed by atoms with E-state index in [1.54, 1.807) is 0 Å². The van der Waals surface area contributed by atoms with E-state index in [1.165, 1.54) is 0 Å². The van der Waals surface area contributed by atoms with Crippen LogP contribution in [0.1, 0.15) is 53.4 Å². The minimum Gasteiger partial charge on any atom is -0.391 e. The van der Waals surface area contributed by atoms with Crippen LogP contribution in [0.15, 0.2) is 0 Å². The fourth-order valence-corrected chi connectivity index (χ4v) is 2.07. The number of hydrogen-bond acceptors (Lipinski definition) is 2. The molecule has 0 aliphatic carbocycles.